The van der Waals surface area contributed by atoms with Crippen LogP contribution in [0.5, 0.6) is 0 Å². The first-order valence-electron chi connectivity index (χ1n) is 11.3. The van der Waals surface area contributed by atoms with Gasteiger partial charge in [0.2, 0.25) is 0 Å². The van der Waals surface area contributed by atoms with Crippen molar-refractivity contribution in [2.75, 3.05) is 9.80 Å². The molecule has 0 bridgehead atoms. The summed E-state index contributed by atoms with van der Waals surface area (Å²) in [7, 11) is 2.03. The van der Waals surface area contributed by atoms with Crippen LogP contribution >= 0.6 is 0 Å². The zero-order chi connectivity index (χ0) is 20.7. The summed E-state index contributed by atoms with van der Waals surface area (Å²) < 4.78 is 2.03. The van der Waals surface area contributed by atoms with Crippen molar-refractivity contribution in [3.8, 4) is 11.4 Å². The molecule has 2 atom stereocenters. The van der Waals surface area contributed by atoms with Crippen molar-refractivity contribution in [3.63, 3.8) is 0 Å². The fourth-order valence-electron chi connectivity index (χ4n) is 5.01. The summed E-state index contributed by atoms with van der Waals surface area (Å²) in [4.78, 5) is 19.9. The second-order valence-corrected chi connectivity index (χ2v) is 8.75. The number of aromatic nitrogens is 3. The molecule has 1 aliphatic carbocycles. The van der Waals surface area contributed by atoms with Gasteiger partial charge in [-0.2, -0.15) is 0 Å². The molecule has 156 valence electrons. The van der Waals surface area contributed by atoms with E-state index in [2.05, 4.69) is 48.1 Å². The highest BCUT2D eigenvalue weighted by atomic mass is 15.4. The number of nitrogens with zero attached hydrogens (tertiary/aromatic N) is 6. The van der Waals surface area contributed by atoms with Gasteiger partial charge in [-0.05, 0) is 32.6 Å². The number of aliphatic imine (C=N–C) groups is 1. The van der Waals surface area contributed by atoms with Crippen LogP contribution in [0.25, 0.3) is 11.4 Å². The maximum absolute atomic E-state index is 5.15. The van der Waals surface area contributed by atoms with E-state index in [0.717, 1.165) is 41.6 Å². The number of anilines is 2. The van der Waals surface area contributed by atoms with Crippen LogP contribution in [0.4, 0.5) is 11.5 Å². The molecule has 0 aromatic carbocycles. The first-order valence-corrected chi connectivity index (χ1v) is 11.3. The van der Waals surface area contributed by atoms with Gasteiger partial charge >= 0.3 is 0 Å². The third-order valence-electron chi connectivity index (χ3n) is 6.56. The second-order valence-electron chi connectivity index (χ2n) is 8.75. The molecule has 5 rings (SSSR count). The minimum Gasteiger partial charge on any atom is -0.342 e. The molecular formula is C24H31N6+. The van der Waals surface area contributed by atoms with Crippen LogP contribution < -0.4 is 14.4 Å². The van der Waals surface area contributed by atoms with Gasteiger partial charge in [-0.3, -0.25) is 9.89 Å². The van der Waals surface area contributed by atoms with Gasteiger partial charge < -0.3 is 4.90 Å². The largest absolute Gasteiger partial charge is 0.342 e. The first kappa shape index (κ1) is 19.2. The van der Waals surface area contributed by atoms with Crippen LogP contribution in [0, 0.1) is 0 Å². The van der Waals surface area contributed by atoms with E-state index in [1.54, 1.807) is 0 Å². The summed E-state index contributed by atoms with van der Waals surface area (Å²) in [5, 5.41) is 0. The smallest absolute Gasteiger partial charge is 0.169 e. The summed E-state index contributed by atoms with van der Waals surface area (Å²) in [6.07, 6.45) is 17.5. The number of fused-ring (bicyclic) bond motifs is 3. The SMILES string of the molecule is CCC1C2=NC(C)CC=CN2c2cnc(-c3cc[n+](C)cc3)nc2N1C1CCCC1. The van der Waals surface area contributed by atoms with E-state index in [4.69, 9.17) is 15.0 Å². The average molecular weight is 404 g/mol. The molecule has 6 nitrogen and oxygen atoms in total. The van der Waals surface area contributed by atoms with Crippen molar-refractivity contribution >= 4 is 17.3 Å². The number of rotatable bonds is 3. The average Bonchev–Trinajstić information content (AvgIpc) is 3.21. The van der Waals surface area contributed by atoms with Gasteiger partial charge in [0, 0.05) is 29.9 Å². The lowest BCUT2D eigenvalue weighted by molar-refractivity contribution is -0.671. The Kier molecular flexibility index (Phi) is 5.01. The molecule has 6 heteroatoms. The molecule has 4 heterocycles. The van der Waals surface area contributed by atoms with Crippen LogP contribution in [0.1, 0.15) is 52.4 Å². The van der Waals surface area contributed by atoms with Gasteiger partial charge in [-0.1, -0.05) is 25.8 Å². The van der Waals surface area contributed by atoms with Crippen molar-refractivity contribution in [3.05, 3.63) is 43.0 Å². The number of pyridine rings is 1. The Labute approximate surface area is 179 Å². The molecule has 0 saturated heterocycles. The zero-order valence-corrected chi connectivity index (χ0v) is 18.2. The molecule has 2 unspecified atom stereocenters. The Morgan fingerprint density at radius 3 is 2.67 bits per heavy atom. The van der Waals surface area contributed by atoms with Gasteiger partial charge in [-0.25, -0.2) is 14.5 Å². The topological polar surface area (TPSA) is 48.5 Å². The number of aryl methyl sites for hydroxylation is 1. The molecule has 2 aromatic heterocycles. The Hall–Kier alpha value is -2.76. The van der Waals surface area contributed by atoms with E-state index < -0.39 is 0 Å². The zero-order valence-electron chi connectivity index (χ0n) is 18.2. The summed E-state index contributed by atoms with van der Waals surface area (Å²) in [6, 6.07) is 5.25. The lowest BCUT2D eigenvalue weighted by Crippen LogP contribution is -2.55. The monoisotopic (exact) mass is 403 g/mol. The normalized spacial score (nSPS) is 23.8. The number of amidine groups is 1. The van der Waals surface area contributed by atoms with Crippen molar-refractivity contribution in [1.29, 1.82) is 0 Å². The molecule has 0 N–H and O–H groups in total. The van der Waals surface area contributed by atoms with Crippen LogP contribution in [0.2, 0.25) is 0 Å². The minimum absolute atomic E-state index is 0.252. The first-order chi connectivity index (χ1) is 14.7. The van der Waals surface area contributed by atoms with E-state index in [0.29, 0.717) is 12.1 Å². The molecule has 2 aliphatic heterocycles. The Morgan fingerprint density at radius 2 is 1.93 bits per heavy atom. The van der Waals surface area contributed by atoms with Gasteiger partial charge in [0.15, 0.2) is 24.0 Å². The third-order valence-corrected chi connectivity index (χ3v) is 6.56. The third kappa shape index (κ3) is 3.28. The van der Waals surface area contributed by atoms with E-state index in [-0.39, 0.29) is 6.04 Å². The fraction of sp³-hybridized carbons (Fsp3) is 0.500. The quantitative estimate of drug-likeness (QED) is 0.727. The van der Waals surface area contributed by atoms with Crippen LogP contribution in [-0.4, -0.2) is 33.9 Å². The van der Waals surface area contributed by atoms with Gasteiger partial charge in [0.25, 0.3) is 0 Å². The molecule has 3 aliphatic rings. The van der Waals surface area contributed by atoms with Crippen molar-refractivity contribution in [2.45, 2.75) is 70.5 Å². The van der Waals surface area contributed by atoms with E-state index in [9.17, 15) is 0 Å². The molecule has 0 spiro atoms. The van der Waals surface area contributed by atoms with Gasteiger partial charge in [0.1, 0.15) is 18.6 Å². The van der Waals surface area contributed by atoms with Gasteiger partial charge in [-0.15, -0.1) is 0 Å². The highest BCUT2D eigenvalue weighted by Crippen LogP contribution is 2.42. The fourth-order valence-corrected chi connectivity index (χ4v) is 5.01. The van der Waals surface area contributed by atoms with Crippen molar-refractivity contribution in [2.24, 2.45) is 12.0 Å². The Morgan fingerprint density at radius 1 is 1.17 bits per heavy atom. The second kappa shape index (κ2) is 7.82. The summed E-state index contributed by atoms with van der Waals surface area (Å²) in [5.41, 5.74) is 2.11. The van der Waals surface area contributed by atoms with E-state index >= 15 is 0 Å². The lowest BCUT2D eigenvalue weighted by atomic mass is 10.0. The maximum Gasteiger partial charge on any atom is 0.169 e. The summed E-state index contributed by atoms with van der Waals surface area (Å²) in [6.45, 7) is 4.48. The highest BCUT2D eigenvalue weighted by Gasteiger charge is 2.41. The summed E-state index contributed by atoms with van der Waals surface area (Å²) >= 11 is 0. The molecule has 0 radical (unpaired) electrons. The van der Waals surface area contributed by atoms with Crippen molar-refractivity contribution in [1.82, 2.24) is 9.97 Å². The Balaban J connectivity index is 1.68. The summed E-state index contributed by atoms with van der Waals surface area (Å²) in [5.74, 6) is 3.01. The molecule has 2 aromatic rings. The maximum atomic E-state index is 5.15. The number of hydrogen-bond donors (Lipinski definition) is 0. The van der Waals surface area contributed by atoms with Crippen LogP contribution in [0.15, 0.2) is 48.0 Å². The standard InChI is InChI=1S/C24H31N6/c1-4-20-23-26-17(2)8-7-13-29(23)21-16-25-22(18-11-14-28(3)15-12-18)27-24(21)30(20)19-9-5-6-10-19/h7,11-17,19-20H,4-6,8-10H2,1-3H3/q+1. The predicted molar refractivity (Wildman–Crippen MR) is 121 cm³/mol. The van der Waals surface area contributed by atoms with Crippen LogP contribution in [0.3, 0.4) is 0 Å². The number of hydrogen-bond acceptors (Lipinski definition) is 5. The lowest BCUT2D eigenvalue weighted by Gasteiger charge is -2.45. The molecule has 1 fully saturated rings. The van der Waals surface area contributed by atoms with E-state index in [1.165, 1.54) is 25.7 Å². The molecule has 30 heavy (non-hydrogen) atoms. The van der Waals surface area contributed by atoms with E-state index in [1.807, 2.05) is 30.2 Å². The molecular weight excluding hydrogens is 372 g/mol. The highest BCUT2D eigenvalue weighted by molar-refractivity contribution is 6.09. The Bertz CT molecular complexity index is 974. The minimum atomic E-state index is 0.252. The van der Waals surface area contributed by atoms with Gasteiger partial charge in [0.05, 0.1) is 18.3 Å². The van der Waals surface area contributed by atoms with Crippen molar-refractivity contribution < 1.29 is 4.57 Å². The van der Waals surface area contributed by atoms with Crippen LogP contribution in [-0.2, 0) is 7.05 Å². The predicted octanol–water partition coefficient (Wildman–Crippen LogP) is 4.02. The molecule has 1 saturated carbocycles. The molecule has 0 amide bonds.